The molecule has 2 aliphatic rings. The summed E-state index contributed by atoms with van der Waals surface area (Å²) in [5.41, 5.74) is 4.04. The molecule has 196 valence electrons. The van der Waals surface area contributed by atoms with E-state index in [1.807, 2.05) is 0 Å². The largest absolute Gasteiger partial charge is 0.443 e. The number of ether oxygens (including phenoxy) is 1. The Balaban J connectivity index is 1.61. The van der Waals surface area contributed by atoms with Crippen molar-refractivity contribution in [1.82, 2.24) is 15.4 Å². The van der Waals surface area contributed by atoms with Crippen molar-refractivity contribution in [3.05, 3.63) is 40.0 Å². The van der Waals surface area contributed by atoms with E-state index in [1.54, 1.807) is 25.7 Å². The van der Waals surface area contributed by atoms with Crippen LogP contribution in [0, 0.1) is 5.82 Å². The van der Waals surface area contributed by atoms with E-state index in [2.05, 4.69) is 10.5 Å². The van der Waals surface area contributed by atoms with Crippen molar-refractivity contribution in [1.29, 1.82) is 0 Å². The Kier molecular flexibility index (Phi) is 7.53. The number of rotatable bonds is 7. The average Bonchev–Trinajstić information content (AvgIpc) is 3.22. The molecule has 2 aromatic rings. The molecule has 0 spiro atoms. The molecular formula is C23H29FN4O6S2. The van der Waals surface area contributed by atoms with E-state index in [0.717, 1.165) is 43.1 Å². The molecule has 2 heterocycles. The summed E-state index contributed by atoms with van der Waals surface area (Å²) in [6, 6.07) is 2.36. The molecule has 4 rings (SSSR count). The van der Waals surface area contributed by atoms with Gasteiger partial charge in [-0.2, -0.15) is 0 Å². The lowest BCUT2D eigenvalue weighted by Gasteiger charge is -2.26. The van der Waals surface area contributed by atoms with Gasteiger partial charge in [0.15, 0.2) is 5.82 Å². The van der Waals surface area contributed by atoms with Crippen LogP contribution in [-0.2, 0) is 26.1 Å². The molecule has 1 aliphatic carbocycles. The molecule has 2 fully saturated rings. The maximum atomic E-state index is 15.3. The van der Waals surface area contributed by atoms with E-state index in [0.29, 0.717) is 28.5 Å². The molecule has 0 bridgehead atoms. The fraction of sp³-hybridized carbons (Fsp3) is 0.522. The highest BCUT2D eigenvalue weighted by atomic mass is 32.2. The Labute approximate surface area is 213 Å². The molecule has 10 nitrogen and oxygen atoms in total. The van der Waals surface area contributed by atoms with Crippen molar-refractivity contribution in [3.63, 3.8) is 0 Å². The zero-order chi connectivity index (χ0) is 26.1. The first-order valence-electron chi connectivity index (χ1n) is 11.6. The molecule has 36 heavy (non-hydrogen) atoms. The highest BCUT2D eigenvalue weighted by Gasteiger charge is 2.39. The van der Waals surface area contributed by atoms with Gasteiger partial charge in [0.25, 0.3) is 10.0 Å². The summed E-state index contributed by atoms with van der Waals surface area (Å²) in [6.45, 7) is 6.05. The van der Waals surface area contributed by atoms with E-state index in [4.69, 9.17) is 9.57 Å². The van der Waals surface area contributed by atoms with Gasteiger partial charge in [0.05, 0.1) is 12.1 Å². The summed E-state index contributed by atoms with van der Waals surface area (Å²) in [4.78, 5) is 35.0. The molecule has 1 saturated carbocycles. The monoisotopic (exact) mass is 540 g/mol. The van der Waals surface area contributed by atoms with Crippen LogP contribution in [0.1, 0.15) is 63.5 Å². The number of hydroxylamine groups is 1. The van der Waals surface area contributed by atoms with Gasteiger partial charge in [-0.05, 0) is 75.6 Å². The first-order chi connectivity index (χ1) is 17.0. The SMILES string of the molecule is CC(C)(C)OC(=O)N(c1cscn1)S(=O)(=O)c1cc(C2CC2)c(CNOC(=O)N2CCCC2)cc1F. The number of hydrogen-bond acceptors (Lipinski definition) is 9. The minimum atomic E-state index is -4.70. The fourth-order valence-electron chi connectivity index (χ4n) is 3.90. The average molecular weight is 541 g/mol. The van der Waals surface area contributed by atoms with Crippen LogP contribution in [0.2, 0.25) is 0 Å². The van der Waals surface area contributed by atoms with Crippen molar-refractivity contribution < 1.29 is 32.0 Å². The summed E-state index contributed by atoms with van der Waals surface area (Å²) in [7, 11) is -4.70. The summed E-state index contributed by atoms with van der Waals surface area (Å²) < 4.78 is 48.2. The van der Waals surface area contributed by atoms with E-state index < -0.39 is 38.5 Å². The number of anilines is 1. The molecule has 1 aromatic carbocycles. The van der Waals surface area contributed by atoms with E-state index in [9.17, 15) is 18.0 Å². The highest BCUT2D eigenvalue weighted by molar-refractivity contribution is 7.93. The van der Waals surface area contributed by atoms with Crippen molar-refractivity contribution in [2.24, 2.45) is 0 Å². The van der Waals surface area contributed by atoms with Gasteiger partial charge in [-0.1, -0.05) is 0 Å². The van der Waals surface area contributed by atoms with Crippen LogP contribution in [0.15, 0.2) is 27.9 Å². The molecule has 13 heteroatoms. The molecule has 1 aromatic heterocycles. The second kappa shape index (κ2) is 10.3. The first kappa shape index (κ1) is 26.3. The predicted octanol–water partition coefficient (Wildman–Crippen LogP) is 4.53. The number of likely N-dealkylation sites (tertiary alicyclic amines) is 1. The minimum absolute atomic E-state index is 0.00449. The van der Waals surface area contributed by atoms with E-state index >= 15 is 4.39 Å². The van der Waals surface area contributed by atoms with Crippen molar-refractivity contribution >= 4 is 39.4 Å². The first-order valence-corrected chi connectivity index (χ1v) is 14.0. The maximum Gasteiger partial charge on any atom is 0.430 e. The van der Waals surface area contributed by atoms with Gasteiger partial charge in [0.2, 0.25) is 0 Å². The maximum absolute atomic E-state index is 15.3. The Morgan fingerprint density at radius 3 is 2.53 bits per heavy atom. The van der Waals surface area contributed by atoms with E-state index in [-0.39, 0.29) is 18.3 Å². The Morgan fingerprint density at radius 1 is 1.25 bits per heavy atom. The lowest BCUT2D eigenvalue weighted by Crippen LogP contribution is -2.41. The quantitative estimate of drug-likeness (QED) is 0.509. The van der Waals surface area contributed by atoms with Crippen molar-refractivity contribution in [2.45, 2.75) is 69.4 Å². The Bertz CT molecular complexity index is 1220. The van der Waals surface area contributed by atoms with Crippen LogP contribution in [0.3, 0.4) is 0 Å². The molecule has 0 radical (unpaired) electrons. The number of thiazole rings is 1. The summed E-state index contributed by atoms with van der Waals surface area (Å²) in [5, 5.41) is 1.37. The smallest absolute Gasteiger partial charge is 0.430 e. The molecule has 0 atom stereocenters. The molecule has 2 amide bonds. The normalized spacial score (nSPS) is 16.2. The molecule has 1 saturated heterocycles. The van der Waals surface area contributed by atoms with Gasteiger partial charge in [-0.15, -0.1) is 21.1 Å². The summed E-state index contributed by atoms with van der Waals surface area (Å²) >= 11 is 1.09. The topological polar surface area (TPSA) is 118 Å². The third-order valence-electron chi connectivity index (χ3n) is 5.70. The van der Waals surface area contributed by atoms with Gasteiger partial charge in [0.1, 0.15) is 16.3 Å². The van der Waals surface area contributed by atoms with Crippen LogP contribution in [0.4, 0.5) is 19.8 Å². The van der Waals surface area contributed by atoms with Crippen LogP contribution >= 0.6 is 11.3 Å². The number of aromatic nitrogens is 1. The third-order valence-corrected chi connectivity index (χ3v) is 7.96. The van der Waals surface area contributed by atoms with Crippen molar-refractivity contribution in [3.8, 4) is 0 Å². The number of amides is 2. The lowest BCUT2D eigenvalue weighted by molar-refractivity contribution is 0.0578. The zero-order valence-corrected chi connectivity index (χ0v) is 22.0. The molecule has 1 N–H and O–H groups in total. The zero-order valence-electron chi connectivity index (χ0n) is 20.3. The Morgan fingerprint density at radius 2 is 1.94 bits per heavy atom. The Hall–Kier alpha value is -2.77. The number of nitrogens with one attached hydrogen (secondary N) is 1. The van der Waals surface area contributed by atoms with E-state index in [1.165, 1.54) is 17.0 Å². The van der Waals surface area contributed by atoms with Crippen LogP contribution in [0.5, 0.6) is 0 Å². The fourth-order valence-corrected chi connectivity index (χ4v) is 5.84. The van der Waals surface area contributed by atoms with Gasteiger partial charge in [-0.3, -0.25) is 0 Å². The number of carbonyl (C=O) groups excluding carboxylic acids is 2. The molecule has 1 aliphatic heterocycles. The number of benzene rings is 1. The third kappa shape index (κ3) is 5.95. The predicted molar refractivity (Wildman–Crippen MR) is 131 cm³/mol. The number of sulfonamides is 1. The highest BCUT2D eigenvalue weighted by Crippen LogP contribution is 2.43. The van der Waals surface area contributed by atoms with Gasteiger partial charge in [-0.25, -0.2) is 27.4 Å². The number of halogens is 1. The number of hydrogen-bond donors (Lipinski definition) is 1. The minimum Gasteiger partial charge on any atom is -0.443 e. The number of carbonyl (C=O) groups is 2. The van der Waals surface area contributed by atoms with Gasteiger partial charge < -0.3 is 14.5 Å². The lowest BCUT2D eigenvalue weighted by atomic mass is 10.0. The number of nitrogens with zero attached hydrogens (tertiary/aromatic N) is 3. The summed E-state index contributed by atoms with van der Waals surface area (Å²) in [6.07, 6.45) is 1.78. The van der Waals surface area contributed by atoms with Crippen LogP contribution < -0.4 is 9.79 Å². The van der Waals surface area contributed by atoms with Crippen molar-refractivity contribution in [2.75, 3.05) is 17.4 Å². The second-order valence-corrected chi connectivity index (χ2v) is 12.2. The van der Waals surface area contributed by atoms with Gasteiger partial charge in [0, 0.05) is 18.5 Å². The standard InChI is InChI=1S/C23H29FN4O6S2/c1-23(2,3)33-22(30)28(20-13-35-14-25-20)36(31,32)19-11-17(15-6-7-15)16(10-18(19)24)12-26-34-21(29)27-8-4-5-9-27/h10-11,13-15,26H,4-9,12H2,1-3H3. The van der Waals surface area contributed by atoms with Gasteiger partial charge >= 0.3 is 12.2 Å². The summed E-state index contributed by atoms with van der Waals surface area (Å²) in [5.74, 6) is -1.17. The molecular weight excluding hydrogens is 511 g/mol. The van der Waals surface area contributed by atoms with Crippen LogP contribution in [0.25, 0.3) is 0 Å². The van der Waals surface area contributed by atoms with Crippen LogP contribution in [-0.4, -0.2) is 49.2 Å². The second-order valence-electron chi connectivity index (χ2n) is 9.74. The molecule has 0 unspecified atom stereocenters.